The average Bonchev–Trinajstić information content (AvgIpc) is 3.22. The first-order valence-electron chi connectivity index (χ1n) is 7.89. The van der Waals surface area contributed by atoms with Crippen molar-refractivity contribution in [1.29, 1.82) is 0 Å². The molecule has 0 saturated carbocycles. The van der Waals surface area contributed by atoms with Crippen LogP contribution in [0.15, 0.2) is 33.3 Å². The van der Waals surface area contributed by atoms with E-state index in [4.69, 9.17) is 0 Å². The molecule has 1 fully saturated rings. The van der Waals surface area contributed by atoms with Crippen LogP contribution >= 0.6 is 11.3 Å². The molecule has 0 bridgehead atoms. The largest absolute Gasteiger partial charge is 0.343 e. The maximum Gasteiger partial charge on any atom is 0.264 e. The smallest absolute Gasteiger partial charge is 0.264 e. The second-order valence-electron chi connectivity index (χ2n) is 5.66. The van der Waals surface area contributed by atoms with Crippen molar-refractivity contribution >= 4 is 27.3 Å². The van der Waals surface area contributed by atoms with Crippen LogP contribution in [0, 0.1) is 0 Å². The number of likely N-dealkylation sites (tertiary alicyclic amines) is 1. The maximum atomic E-state index is 12.3. The first-order chi connectivity index (χ1) is 12.0. The highest BCUT2D eigenvalue weighted by atomic mass is 32.2. The topological polar surface area (TPSA) is 112 Å². The third-order valence-corrected chi connectivity index (χ3v) is 6.91. The molecular formula is C15H18N4O4S2. The molecule has 2 aromatic rings. The monoisotopic (exact) mass is 382 g/mol. The van der Waals surface area contributed by atoms with E-state index in [2.05, 4.69) is 14.9 Å². The van der Waals surface area contributed by atoms with Crippen LogP contribution in [-0.2, 0) is 14.8 Å². The Morgan fingerprint density at radius 2 is 2.08 bits per heavy atom. The van der Waals surface area contributed by atoms with Gasteiger partial charge >= 0.3 is 0 Å². The van der Waals surface area contributed by atoms with E-state index in [1.807, 2.05) is 0 Å². The van der Waals surface area contributed by atoms with Crippen LogP contribution in [0.3, 0.4) is 0 Å². The summed E-state index contributed by atoms with van der Waals surface area (Å²) in [5.74, 6) is 0.138. The number of aromatic nitrogens is 2. The highest BCUT2D eigenvalue weighted by Crippen LogP contribution is 2.28. The Morgan fingerprint density at radius 1 is 1.24 bits per heavy atom. The van der Waals surface area contributed by atoms with Crippen molar-refractivity contribution < 1.29 is 13.2 Å². The number of hydrogen-bond acceptors (Lipinski definition) is 6. The third kappa shape index (κ3) is 4.33. The summed E-state index contributed by atoms with van der Waals surface area (Å²) in [7, 11) is -3.60. The zero-order valence-electron chi connectivity index (χ0n) is 13.4. The number of carbonyl (C=O) groups excluding carboxylic acids is 1. The number of H-pyrrole nitrogens is 1. The van der Waals surface area contributed by atoms with Crippen molar-refractivity contribution in [3.8, 4) is 10.6 Å². The van der Waals surface area contributed by atoms with E-state index >= 15 is 0 Å². The fourth-order valence-electron chi connectivity index (χ4n) is 2.57. The minimum atomic E-state index is -3.60. The highest BCUT2D eigenvalue weighted by Gasteiger charge is 2.20. The molecule has 0 aliphatic carbocycles. The number of amides is 1. The maximum absolute atomic E-state index is 12.3. The molecule has 2 N–H and O–H groups in total. The van der Waals surface area contributed by atoms with Gasteiger partial charge in [-0.05, 0) is 31.0 Å². The molecule has 3 rings (SSSR count). The summed E-state index contributed by atoms with van der Waals surface area (Å²) in [6, 6.07) is 6.05. The van der Waals surface area contributed by atoms with E-state index < -0.39 is 10.0 Å². The van der Waals surface area contributed by atoms with E-state index in [1.54, 1.807) is 17.0 Å². The van der Waals surface area contributed by atoms with Crippen LogP contribution in [0.2, 0.25) is 0 Å². The minimum Gasteiger partial charge on any atom is -0.343 e. The lowest BCUT2D eigenvalue weighted by molar-refractivity contribution is -0.127. The molecule has 10 heteroatoms. The van der Waals surface area contributed by atoms with Crippen LogP contribution in [-0.4, -0.2) is 49.1 Å². The van der Waals surface area contributed by atoms with Crippen LogP contribution in [0.1, 0.15) is 19.3 Å². The summed E-state index contributed by atoms with van der Waals surface area (Å²) >= 11 is 1.08. The normalized spacial score (nSPS) is 15.0. The fraction of sp³-hybridized carbons (Fsp3) is 0.400. The number of aromatic amines is 1. The molecule has 134 valence electrons. The highest BCUT2D eigenvalue weighted by molar-refractivity contribution is 7.91. The zero-order chi connectivity index (χ0) is 17.9. The molecule has 0 spiro atoms. The molecule has 1 amide bonds. The Balaban J connectivity index is 1.58. The van der Waals surface area contributed by atoms with Crippen molar-refractivity contribution in [3.63, 3.8) is 0 Å². The van der Waals surface area contributed by atoms with Gasteiger partial charge in [0.15, 0.2) is 0 Å². The zero-order valence-corrected chi connectivity index (χ0v) is 15.0. The number of rotatable bonds is 7. The van der Waals surface area contributed by atoms with Gasteiger partial charge in [0.25, 0.3) is 5.56 Å². The Kier molecular flexibility index (Phi) is 5.30. The molecule has 1 saturated heterocycles. The number of carbonyl (C=O) groups is 1. The van der Waals surface area contributed by atoms with Gasteiger partial charge in [-0.25, -0.2) is 18.2 Å². The molecule has 1 aliphatic heterocycles. The summed E-state index contributed by atoms with van der Waals surface area (Å²) < 4.78 is 27.4. The van der Waals surface area contributed by atoms with Gasteiger partial charge in [-0.3, -0.25) is 9.59 Å². The summed E-state index contributed by atoms with van der Waals surface area (Å²) in [4.78, 5) is 25.0. The van der Waals surface area contributed by atoms with E-state index in [0.717, 1.165) is 24.3 Å². The SMILES string of the molecule is O=C1CCCN1CCCNS(=O)(=O)c1ccc(-c2ccc(=O)[nH]n2)s1. The summed E-state index contributed by atoms with van der Waals surface area (Å²) in [6.45, 7) is 1.60. The van der Waals surface area contributed by atoms with E-state index in [1.165, 1.54) is 12.1 Å². The molecule has 8 nitrogen and oxygen atoms in total. The van der Waals surface area contributed by atoms with Gasteiger partial charge in [-0.15, -0.1) is 11.3 Å². The lowest BCUT2D eigenvalue weighted by Gasteiger charge is -2.15. The summed E-state index contributed by atoms with van der Waals surface area (Å²) in [5.41, 5.74) is 0.199. The molecule has 0 unspecified atom stereocenters. The minimum absolute atomic E-state index is 0.138. The fourth-order valence-corrected chi connectivity index (χ4v) is 4.97. The van der Waals surface area contributed by atoms with Crippen molar-refractivity contribution in [1.82, 2.24) is 19.8 Å². The number of nitrogens with one attached hydrogen (secondary N) is 2. The van der Waals surface area contributed by atoms with Crippen LogP contribution in [0.25, 0.3) is 10.6 Å². The van der Waals surface area contributed by atoms with Crippen molar-refractivity contribution in [2.45, 2.75) is 23.5 Å². The molecule has 3 heterocycles. The molecule has 0 aromatic carbocycles. The lowest BCUT2D eigenvalue weighted by atomic mass is 10.3. The van der Waals surface area contributed by atoms with Gasteiger partial charge in [0.2, 0.25) is 15.9 Å². The third-order valence-electron chi connectivity index (χ3n) is 3.85. The van der Waals surface area contributed by atoms with Gasteiger partial charge < -0.3 is 4.90 Å². The van der Waals surface area contributed by atoms with Gasteiger partial charge in [0.05, 0.1) is 4.88 Å². The second kappa shape index (κ2) is 7.46. The molecule has 1 aliphatic rings. The van der Waals surface area contributed by atoms with Gasteiger partial charge in [0.1, 0.15) is 9.90 Å². The Hall–Kier alpha value is -2.04. The van der Waals surface area contributed by atoms with Crippen molar-refractivity contribution in [2.24, 2.45) is 0 Å². The predicted octanol–water partition coefficient (Wildman–Crippen LogP) is 0.789. The number of thiophene rings is 1. The second-order valence-corrected chi connectivity index (χ2v) is 8.74. The van der Waals surface area contributed by atoms with E-state index in [-0.39, 0.29) is 22.2 Å². The quantitative estimate of drug-likeness (QED) is 0.688. The molecule has 2 aromatic heterocycles. The standard InChI is InChI=1S/C15H18N4O4S2/c20-13-6-4-11(17-18-13)12-5-7-15(24-12)25(22,23)16-8-2-10-19-9-1-3-14(19)21/h4-7,16H,1-3,8-10H2,(H,18,20). The molecular weight excluding hydrogens is 364 g/mol. The van der Waals surface area contributed by atoms with Crippen molar-refractivity contribution in [2.75, 3.05) is 19.6 Å². The van der Waals surface area contributed by atoms with Crippen LogP contribution < -0.4 is 10.3 Å². The summed E-state index contributed by atoms with van der Waals surface area (Å²) in [6.07, 6.45) is 2.04. The Labute approximate surface area is 148 Å². The number of sulfonamides is 1. The lowest BCUT2D eigenvalue weighted by Crippen LogP contribution is -2.30. The average molecular weight is 382 g/mol. The molecule has 0 radical (unpaired) electrons. The van der Waals surface area contributed by atoms with Crippen molar-refractivity contribution in [3.05, 3.63) is 34.6 Å². The van der Waals surface area contributed by atoms with Crippen LogP contribution in [0.5, 0.6) is 0 Å². The van der Waals surface area contributed by atoms with Crippen LogP contribution in [0.4, 0.5) is 0 Å². The van der Waals surface area contributed by atoms with E-state index in [0.29, 0.717) is 30.0 Å². The first kappa shape index (κ1) is 17.8. The molecule has 25 heavy (non-hydrogen) atoms. The van der Waals surface area contributed by atoms with Gasteiger partial charge in [-0.1, -0.05) is 0 Å². The Bertz CT molecular complexity index is 899. The molecule has 0 atom stereocenters. The Morgan fingerprint density at radius 3 is 2.76 bits per heavy atom. The van der Waals surface area contributed by atoms with Gasteiger partial charge in [-0.2, -0.15) is 5.10 Å². The predicted molar refractivity (Wildman–Crippen MR) is 93.8 cm³/mol. The number of hydrogen-bond donors (Lipinski definition) is 2. The van der Waals surface area contributed by atoms with E-state index in [9.17, 15) is 18.0 Å². The number of nitrogens with zero attached hydrogens (tertiary/aromatic N) is 2. The first-order valence-corrected chi connectivity index (χ1v) is 10.2. The van der Waals surface area contributed by atoms with Gasteiger partial charge in [0, 0.05) is 32.1 Å². The summed E-state index contributed by atoms with van der Waals surface area (Å²) in [5, 5.41) is 6.21.